The number of benzene rings is 2. The third-order valence-electron chi connectivity index (χ3n) is 4.09. The van der Waals surface area contributed by atoms with Crippen LogP contribution >= 0.6 is 0 Å². The van der Waals surface area contributed by atoms with Crippen LogP contribution in [-0.4, -0.2) is 45.5 Å². The highest BCUT2D eigenvalue weighted by molar-refractivity contribution is 5.98. The molecule has 0 amide bonds. The molecule has 0 aliphatic carbocycles. The first-order chi connectivity index (χ1) is 13.4. The van der Waals surface area contributed by atoms with E-state index in [0.717, 1.165) is 0 Å². The Kier molecular flexibility index (Phi) is 7.14. The molecule has 2 aromatic carbocycles. The highest BCUT2D eigenvalue weighted by Crippen LogP contribution is 2.27. The zero-order chi connectivity index (χ0) is 20.7. The van der Waals surface area contributed by atoms with Gasteiger partial charge in [0.05, 0.1) is 27.8 Å². The molecule has 0 bridgehead atoms. The normalized spacial score (nSPS) is 10.1. The van der Waals surface area contributed by atoms with E-state index in [-0.39, 0.29) is 18.0 Å². The van der Waals surface area contributed by atoms with Crippen LogP contribution in [0.3, 0.4) is 0 Å². The van der Waals surface area contributed by atoms with Crippen molar-refractivity contribution in [3.63, 3.8) is 0 Å². The van der Waals surface area contributed by atoms with Crippen molar-refractivity contribution < 1.29 is 33.3 Å². The Labute approximate surface area is 163 Å². The SMILES string of the molecule is COc1ccc(C(C)=O)cc1CC(=O)OCC(=O)c1ccc(OC)c(OC)c1. The van der Waals surface area contributed by atoms with Crippen molar-refractivity contribution in [2.75, 3.05) is 27.9 Å². The van der Waals surface area contributed by atoms with Gasteiger partial charge in [-0.2, -0.15) is 0 Å². The second-order valence-electron chi connectivity index (χ2n) is 5.91. The Morgan fingerprint density at radius 1 is 0.786 bits per heavy atom. The highest BCUT2D eigenvalue weighted by atomic mass is 16.5. The fourth-order valence-electron chi connectivity index (χ4n) is 2.58. The molecule has 28 heavy (non-hydrogen) atoms. The molecule has 0 unspecified atom stereocenters. The van der Waals surface area contributed by atoms with Crippen LogP contribution in [-0.2, 0) is 16.0 Å². The summed E-state index contributed by atoms with van der Waals surface area (Å²) in [6.45, 7) is 1.02. The summed E-state index contributed by atoms with van der Waals surface area (Å²) in [5.74, 6) is 0.264. The number of ketones is 2. The van der Waals surface area contributed by atoms with E-state index in [0.29, 0.717) is 33.9 Å². The molecule has 0 aliphatic heterocycles. The molecule has 0 saturated heterocycles. The Morgan fingerprint density at radius 3 is 2.00 bits per heavy atom. The summed E-state index contributed by atoms with van der Waals surface area (Å²) in [4.78, 5) is 36.0. The number of esters is 1. The number of carbonyl (C=O) groups excluding carboxylic acids is 3. The van der Waals surface area contributed by atoms with Gasteiger partial charge in [0.15, 0.2) is 29.7 Å². The molecule has 0 heterocycles. The lowest BCUT2D eigenvalue weighted by Gasteiger charge is -2.11. The Balaban J connectivity index is 2.03. The van der Waals surface area contributed by atoms with Gasteiger partial charge in [-0.3, -0.25) is 14.4 Å². The molecule has 2 rings (SSSR count). The van der Waals surface area contributed by atoms with Gasteiger partial charge in [-0.15, -0.1) is 0 Å². The van der Waals surface area contributed by atoms with E-state index in [1.54, 1.807) is 30.3 Å². The maximum absolute atomic E-state index is 12.3. The lowest BCUT2D eigenvalue weighted by molar-refractivity contribution is -0.141. The first-order valence-corrected chi connectivity index (χ1v) is 8.48. The lowest BCUT2D eigenvalue weighted by atomic mass is 10.0. The van der Waals surface area contributed by atoms with Crippen molar-refractivity contribution in [3.8, 4) is 17.2 Å². The lowest BCUT2D eigenvalue weighted by Crippen LogP contribution is -2.16. The second kappa shape index (κ2) is 9.55. The van der Waals surface area contributed by atoms with Crippen molar-refractivity contribution in [1.29, 1.82) is 0 Å². The van der Waals surface area contributed by atoms with Crippen molar-refractivity contribution in [1.82, 2.24) is 0 Å². The van der Waals surface area contributed by atoms with E-state index in [2.05, 4.69) is 0 Å². The second-order valence-corrected chi connectivity index (χ2v) is 5.91. The summed E-state index contributed by atoms with van der Waals surface area (Å²) < 4.78 is 20.6. The van der Waals surface area contributed by atoms with Gasteiger partial charge in [-0.25, -0.2) is 0 Å². The third kappa shape index (κ3) is 5.09. The Bertz CT molecular complexity index is 886. The number of hydrogen-bond donors (Lipinski definition) is 0. The van der Waals surface area contributed by atoms with E-state index in [1.165, 1.54) is 34.3 Å². The Hall–Kier alpha value is -3.35. The highest BCUT2D eigenvalue weighted by Gasteiger charge is 2.16. The minimum Gasteiger partial charge on any atom is -0.496 e. The van der Waals surface area contributed by atoms with Gasteiger partial charge in [0.25, 0.3) is 0 Å². The predicted molar refractivity (Wildman–Crippen MR) is 102 cm³/mol. The molecule has 0 aromatic heterocycles. The van der Waals surface area contributed by atoms with Gasteiger partial charge in [0, 0.05) is 16.7 Å². The van der Waals surface area contributed by atoms with E-state index >= 15 is 0 Å². The maximum Gasteiger partial charge on any atom is 0.310 e. The zero-order valence-electron chi connectivity index (χ0n) is 16.2. The standard InChI is InChI=1S/C21H22O7/c1-13(22)14-5-7-18(25-2)16(9-14)11-21(24)28-12-17(23)15-6-8-19(26-3)20(10-15)27-4/h5-10H,11-12H2,1-4H3. The fraction of sp³-hybridized carbons (Fsp3) is 0.286. The molecule has 7 nitrogen and oxygen atoms in total. The molecule has 0 spiro atoms. The van der Waals surface area contributed by atoms with Gasteiger partial charge in [0.2, 0.25) is 0 Å². The summed E-state index contributed by atoms with van der Waals surface area (Å²) in [5.41, 5.74) is 1.31. The molecule has 0 aliphatic rings. The van der Waals surface area contributed by atoms with Gasteiger partial charge in [-0.1, -0.05) is 0 Å². The molecule has 0 saturated carbocycles. The van der Waals surface area contributed by atoms with Crippen LogP contribution in [0.4, 0.5) is 0 Å². The summed E-state index contributed by atoms with van der Waals surface area (Å²) in [6.07, 6.45) is -0.122. The zero-order valence-corrected chi connectivity index (χ0v) is 16.2. The van der Waals surface area contributed by atoms with Crippen molar-refractivity contribution in [2.24, 2.45) is 0 Å². The van der Waals surface area contributed by atoms with E-state index in [4.69, 9.17) is 18.9 Å². The summed E-state index contributed by atoms with van der Waals surface area (Å²) in [5, 5.41) is 0. The summed E-state index contributed by atoms with van der Waals surface area (Å²) in [7, 11) is 4.43. The first-order valence-electron chi connectivity index (χ1n) is 8.48. The van der Waals surface area contributed by atoms with Crippen LogP contribution in [0, 0.1) is 0 Å². The minimum absolute atomic E-state index is 0.122. The molecule has 7 heteroatoms. The van der Waals surface area contributed by atoms with Gasteiger partial charge in [0.1, 0.15) is 5.75 Å². The number of Topliss-reactive ketones (excluding diaryl/α,β-unsaturated/α-hetero) is 2. The summed E-state index contributed by atoms with van der Waals surface area (Å²) >= 11 is 0. The number of methoxy groups -OCH3 is 3. The molecule has 0 radical (unpaired) electrons. The van der Waals surface area contributed by atoms with Crippen LogP contribution in [0.2, 0.25) is 0 Å². The fourth-order valence-corrected chi connectivity index (χ4v) is 2.58. The van der Waals surface area contributed by atoms with E-state index in [1.807, 2.05) is 0 Å². The van der Waals surface area contributed by atoms with Crippen molar-refractivity contribution in [3.05, 3.63) is 53.1 Å². The quantitative estimate of drug-likeness (QED) is 0.484. The van der Waals surface area contributed by atoms with Crippen LogP contribution < -0.4 is 14.2 Å². The van der Waals surface area contributed by atoms with Crippen LogP contribution in [0.5, 0.6) is 17.2 Å². The smallest absolute Gasteiger partial charge is 0.310 e. The van der Waals surface area contributed by atoms with Crippen LogP contribution in [0.1, 0.15) is 33.2 Å². The van der Waals surface area contributed by atoms with Crippen molar-refractivity contribution >= 4 is 17.5 Å². The van der Waals surface area contributed by atoms with Crippen molar-refractivity contribution in [2.45, 2.75) is 13.3 Å². The predicted octanol–water partition coefficient (Wildman–Crippen LogP) is 2.88. The van der Waals surface area contributed by atoms with Crippen LogP contribution in [0.25, 0.3) is 0 Å². The minimum atomic E-state index is -0.604. The molecular formula is C21H22O7. The monoisotopic (exact) mass is 386 g/mol. The van der Waals surface area contributed by atoms with Gasteiger partial charge in [-0.05, 0) is 43.3 Å². The largest absolute Gasteiger partial charge is 0.496 e. The average molecular weight is 386 g/mol. The van der Waals surface area contributed by atoms with Gasteiger partial charge >= 0.3 is 5.97 Å². The maximum atomic E-state index is 12.3. The molecule has 2 aromatic rings. The molecular weight excluding hydrogens is 364 g/mol. The average Bonchev–Trinajstić information content (AvgIpc) is 2.71. The topological polar surface area (TPSA) is 88.1 Å². The number of ether oxygens (including phenoxy) is 4. The molecule has 0 N–H and O–H groups in total. The Morgan fingerprint density at radius 2 is 1.39 bits per heavy atom. The third-order valence-corrected chi connectivity index (χ3v) is 4.09. The number of carbonyl (C=O) groups is 3. The number of hydrogen-bond acceptors (Lipinski definition) is 7. The van der Waals surface area contributed by atoms with Gasteiger partial charge < -0.3 is 18.9 Å². The summed E-state index contributed by atoms with van der Waals surface area (Å²) in [6, 6.07) is 9.51. The van der Waals surface area contributed by atoms with E-state index in [9.17, 15) is 14.4 Å². The first kappa shape index (κ1) is 21.0. The van der Waals surface area contributed by atoms with E-state index < -0.39 is 12.6 Å². The molecule has 148 valence electrons. The molecule has 0 fully saturated rings. The van der Waals surface area contributed by atoms with Crippen LogP contribution in [0.15, 0.2) is 36.4 Å². The number of rotatable bonds is 9. The molecule has 0 atom stereocenters.